The highest BCUT2D eigenvalue weighted by Crippen LogP contribution is 2.34. The van der Waals surface area contributed by atoms with Crippen LogP contribution in [0.2, 0.25) is 0 Å². The lowest BCUT2D eigenvalue weighted by molar-refractivity contribution is -0.146. The fourth-order valence-corrected chi connectivity index (χ4v) is 4.87. The van der Waals surface area contributed by atoms with Crippen molar-refractivity contribution in [3.63, 3.8) is 0 Å². The van der Waals surface area contributed by atoms with Gasteiger partial charge < -0.3 is 20.3 Å². The van der Waals surface area contributed by atoms with Crippen LogP contribution in [0.4, 0.5) is 13.2 Å². The molecule has 0 spiro atoms. The van der Waals surface area contributed by atoms with Gasteiger partial charge in [-0.05, 0) is 53.5 Å². The van der Waals surface area contributed by atoms with Crippen LogP contribution in [0.25, 0.3) is 5.69 Å². The lowest BCUT2D eigenvalue weighted by Crippen LogP contribution is -2.51. The number of alkyl halides is 3. The van der Waals surface area contributed by atoms with Crippen molar-refractivity contribution in [3.05, 3.63) is 65.5 Å². The van der Waals surface area contributed by atoms with Gasteiger partial charge in [0.2, 0.25) is 11.8 Å². The minimum Gasteiger partial charge on any atom is -0.490 e. The average Bonchev–Trinajstić information content (AvgIpc) is 3.61. The highest BCUT2D eigenvalue weighted by atomic mass is 19.4. The number of carbonyl (C=O) groups excluding carboxylic acids is 2. The second kappa shape index (κ2) is 11.6. The Bertz CT molecular complexity index is 1340. The van der Waals surface area contributed by atoms with Crippen LogP contribution >= 0.6 is 0 Å². The smallest absolute Gasteiger partial charge is 0.453 e. The van der Waals surface area contributed by atoms with Crippen LogP contribution in [0, 0.1) is 0 Å². The second-order valence-corrected chi connectivity index (χ2v) is 10.1. The number of likely N-dealkylation sites (tertiary alicyclic amines) is 1. The molecule has 2 heterocycles. The van der Waals surface area contributed by atoms with E-state index in [1.807, 2.05) is 30.3 Å². The van der Waals surface area contributed by atoms with Crippen molar-refractivity contribution in [1.29, 1.82) is 0 Å². The third-order valence-corrected chi connectivity index (χ3v) is 7.07. The van der Waals surface area contributed by atoms with Gasteiger partial charge in [0.15, 0.2) is 0 Å². The molecular weight excluding hydrogens is 527 g/mol. The fraction of sp³-hybridized carbons (Fsp3) is 0.444. The minimum absolute atomic E-state index is 0.0246. The molecule has 2 amide bonds. The molecule has 2 fully saturated rings. The van der Waals surface area contributed by atoms with Crippen molar-refractivity contribution in [3.8, 4) is 11.4 Å². The topological polar surface area (TPSA) is 114 Å². The fourth-order valence-electron chi connectivity index (χ4n) is 4.87. The normalized spacial score (nSPS) is 19.4. The molecule has 2 unspecified atom stereocenters. The molecule has 3 aromatic rings. The molecule has 1 saturated carbocycles. The summed E-state index contributed by atoms with van der Waals surface area (Å²) in [6, 6.07) is 14.6. The van der Waals surface area contributed by atoms with Crippen molar-refractivity contribution in [2.75, 3.05) is 19.6 Å². The van der Waals surface area contributed by atoms with Crippen molar-refractivity contribution in [2.45, 2.75) is 57.0 Å². The molecule has 0 radical (unpaired) electrons. The van der Waals surface area contributed by atoms with E-state index < -0.39 is 12.0 Å². The summed E-state index contributed by atoms with van der Waals surface area (Å²) >= 11 is 0. The van der Waals surface area contributed by atoms with Crippen molar-refractivity contribution in [1.82, 2.24) is 35.7 Å². The molecule has 1 aromatic heterocycles. The molecule has 2 aliphatic rings. The quantitative estimate of drug-likeness (QED) is 0.416. The van der Waals surface area contributed by atoms with Gasteiger partial charge in [0.25, 0.3) is 5.82 Å². The number of tetrazole rings is 1. The van der Waals surface area contributed by atoms with Crippen LogP contribution < -0.4 is 15.4 Å². The Labute approximate surface area is 228 Å². The zero-order valence-electron chi connectivity index (χ0n) is 21.9. The van der Waals surface area contributed by atoms with Crippen LogP contribution in [-0.4, -0.2) is 68.7 Å². The molecule has 1 saturated heterocycles. The highest BCUT2D eigenvalue weighted by molar-refractivity contribution is 5.83. The molecule has 1 aliphatic carbocycles. The molecule has 212 valence electrons. The minimum atomic E-state index is -4.71. The van der Waals surface area contributed by atoms with Gasteiger partial charge in [-0.1, -0.05) is 30.3 Å². The first-order chi connectivity index (χ1) is 19.2. The number of hydrogen-bond donors (Lipinski definition) is 2. The van der Waals surface area contributed by atoms with Crippen molar-refractivity contribution in [2.24, 2.45) is 0 Å². The number of rotatable bonds is 9. The average molecular weight is 558 g/mol. The van der Waals surface area contributed by atoms with Gasteiger partial charge in [0, 0.05) is 44.1 Å². The maximum Gasteiger partial charge on any atom is 0.453 e. The molecule has 0 bridgehead atoms. The number of hydrogen-bond acceptors (Lipinski definition) is 7. The first-order valence-electron chi connectivity index (χ1n) is 13.1. The number of nitrogens with one attached hydrogen (secondary N) is 2. The van der Waals surface area contributed by atoms with E-state index in [0.29, 0.717) is 42.0 Å². The van der Waals surface area contributed by atoms with E-state index in [4.69, 9.17) is 4.74 Å². The number of carbonyl (C=O) groups is 2. The maximum atomic E-state index is 13.4. The van der Waals surface area contributed by atoms with Crippen LogP contribution in [0.3, 0.4) is 0 Å². The number of piperidine rings is 1. The molecule has 40 heavy (non-hydrogen) atoms. The van der Waals surface area contributed by atoms with Crippen LogP contribution in [0.15, 0.2) is 48.5 Å². The number of aromatic nitrogens is 4. The Hall–Kier alpha value is -4.00. The van der Waals surface area contributed by atoms with Crippen LogP contribution in [0.5, 0.6) is 5.75 Å². The Morgan fingerprint density at radius 2 is 1.88 bits per heavy atom. The largest absolute Gasteiger partial charge is 0.490 e. The molecule has 5 rings (SSSR count). The van der Waals surface area contributed by atoms with Gasteiger partial charge in [-0.25, -0.2) is 0 Å². The summed E-state index contributed by atoms with van der Waals surface area (Å²) in [5.74, 6) is -1.06. The van der Waals surface area contributed by atoms with Crippen molar-refractivity contribution >= 4 is 11.8 Å². The molecule has 10 nitrogen and oxygen atoms in total. The summed E-state index contributed by atoms with van der Waals surface area (Å²) in [4.78, 5) is 25.8. The maximum absolute atomic E-state index is 13.4. The van der Waals surface area contributed by atoms with E-state index >= 15 is 0 Å². The summed E-state index contributed by atoms with van der Waals surface area (Å²) in [6.45, 7) is 2.61. The number of benzene rings is 2. The standard InChI is InChI=1S/C27H30F3N7O3/c1-17(38)31-15-25(39)36-12-11-23(22(16-36)18-5-3-2-4-6-18)32-14-19-13-20(7-10-24(19)40-21-8-9-21)37-26(27(28,29)30)33-34-35-37/h2-7,10,13,21-23,32H,8-9,11-12,14-16H2,1H3,(H,31,38). The Morgan fingerprint density at radius 3 is 2.58 bits per heavy atom. The number of halogens is 3. The first-order valence-corrected chi connectivity index (χ1v) is 13.1. The summed E-state index contributed by atoms with van der Waals surface area (Å²) in [7, 11) is 0. The lowest BCUT2D eigenvalue weighted by Gasteiger charge is -2.39. The number of nitrogens with zero attached hydrogens (tertiary/aromatic N) is 5. The van der Waals surface area contributed by atoms with Gasteiger partial charge in [-0.2, -0.15) is 17.9 Å². The van der Waals surface area contributed by atoms with Gasteiger partial charge in [-0.3, -0.25) is 9.59 Å². The third kappa shape index (κ3) is 6.58. The lowest BCUT2D eigenvalue weighted by atomic mass is 9.85. The second-order valence-electron chi connectivity index (χ2n) is 10.1. The van der Waals surface area contributed by atoms with E-state index in [1.165, 1.54) is 13.0 Å². The molecular formula is C27H30F3N7O3. The van der Waals surface area contributed by atoms with Gasteiger partial charge in [0.05, 0.1) is 18.3 Å². The Kier molecular flexibility index (Phi) is 8.01. The molecule has 2 N–H and O–H groups in total. The SMILES string of the molecule is CC(=O)NCC(=O)N1CCC(NCc2cc(-n3nnnc3C(F)(F)F)ccc2OC2CC2)C(c2ccccc2)C1. The van der Waals surface area contributed by atoms with E-state index in [1.54, 1.807) is 17.0 Å². The third-order valence-electron chi connectivity index (χ3n) is 7.07. The Balaban J connectivity index is 1.37. The Morgan fingerprint density at radius 1 is 1.10 bits per heavy atom. The van der Waals surface area contributed by atoms with E-state index in [0.717, 1.165) is 18.4 Å². The molecule has 2 atom stereocenters. The summed E-state index contributed by atoms with van der Waals surface area (Å²) < 4.78 is 47.1. The van der Waals surface area contributed by atoms with Gasteiger partial charge in [0.1, 0.15) is 5.75 Å². The van der Waals surface area contributed by atoms with E-state index in [9.17, 15) is 22.8 Å². The van der Waals surface area contributed by atoms with E-state index in [-0.39, 0.29) is 42.1 Å². The van der Waals surface area contributed by atoms with Crippen LogP contribution in [-0.2, 0) is 22.3 Å². The molecule has 1 aliphatic heterocycles. The zero-order chi connectivity index (χ0) is 28.3. The summed E-state index contributed by atoms with van der Waals surface area (Å²) in [5, 5.41) is 16.1. The van der Waals surface area contributed by atoms with Crippen LogP contribution in [0.1, 0.15) is 49.1 Å². The number of ether oxygens (including phenoxy) is 1. The van der Waals surface area contributed by atoms with Gasteiger partial charge in [-0.15, -0.1) is 5.10 Å². The van der Waals surface area contributed by atoms with Crippen molar-refractivity contribution < 1.29 is 27.5 Å². The van der Waals surface area contributed by atoms with E-state index in [2.05, 4.69) is 26.2 Å². The zero-order valence-corrected chi connectivity index (χ0v) is 21.9. The predicted octanol–water partition coefficient (Wildman–Crippen LogP) is 2.83. The monoisotopic (exact) mass is 557 g/mol. The molecule has 2 aromatic carbocycles. The summed E-state index contributed by atoms with van der Waals surface area (Å²) in [6.07, 6.45) is -2.10. The first kappa shape index (κ1) is 27.6. The predicted molar refractivity (Wildman–Crippen MR) is 137 cm³/mol. The highest BCUT2D eigenvalue weighted by Gasteiger charge is 2.39. The van der Waals surface area contributed by atoms with Gasteiger partial charge >= 0.3 is 6.18 Å². The summed E-state index contributed by atoms with van der Waals surface area (Å²) in [5.41, 5.74) is 1.92. The number of amides is 2. The molecule has 13 heteroatoms.